The Morgan fingerprint density at radius 1 is 1.48 bits per heavy atom. The molecule has 1 aromatic carbocycles. The molecule has 3 rings (SSSR count). The fraction of sp³-hybridized carbons (Fsp3) is 0.400. The van der Waals surface area contributed by atoms with Crippen LogP contribution in [0.4, 0.5) is 0 Å². The van der Waals surface area contributed by atoms with Crippen molar-refractivity contribution in [2.45, 2.75) is 25.0 Å². The minimum absolute atomic E-state index is 0.000753. The Balaban J connectivity index is 1.63. The number of carbonyl (C=O) groups is 1. The maximum atomic E-state index is 12.0. The zero-order chi connectivity index (χ0) is 14.8. The summed E-state index contributed by atoms with van der Waals surface area (Å²) in [5.41, 5.74) is 7.78. The van der Waals surface area contributed by atoms with Gasteiger partial charge in [-0.1, -0.05) is 0 Å². The molecule has 21 heavy (non-hydrogen) atoms. The average Bonchev–Trinajstić information content (AvgIpc) is 3.09. The van der Waals surface area contributed by atoms with Gasteiger partial charge in [-0.25, -0.2) is 0 Å². The summed E-state index contributed by atoms with van der Waals surface area (Å²) in [4.78, 5) is 15.3. The second-order valence-corrected chi connectivity index (χ2v) is 5.42. The van der Waals surface area contributed by atoms with Gasteiger partial charge in [-0.05, 0) is 30.7 Å². The van der Waals surface area contributed by atoms with Gasteiger partial charge >= 0.3 is 0 Å². The average molecular weight is 288 g/mol. The molecule has 6 heteroatoms. The molecule has 0 aliphatic carbocycles. The molecule has 0 spiro atoms. The van der Waals surface area contributed by atoms with Crippen LogP contribution in [0.5, 0.6) is 5.75 Å². The van der Waals surface area contributed by atoms with E-state index in [-0.39, 0.29) is 18.0 Å². The SMILES string of the molecule is COc1ccc2[nH]c(CNC(=O)[C@@H]3C[C@@H](N)CN3)cc2c1. The molecular formula is C15H20N4O2. The van der Waals surface area contributed by atoms with Gasteiger partial charge in [-0.2, -0.15) is 0 Å². The van der Waals surface area contributed by atoms with Gasteiger partial charge in [0.2, 0.25) is 5.91 Å². The number of hydrogen-bond acceptors (Lipinski definition) is 4. The zero-order valence-electron chi connectivity index (χ0n) is 12.0. The first-order valence-corrected chi connectivity index (χ1v) is 7.08. The summed E-state index contributed by atoms with van der Waals surface area (Å²) in [7, 11) is 1.65. The zero-order valence-corrected chi connectivity index (χ0v) is 12.0. The Hall–Kier alpha value is -2.05. The van der Waals surface area contributed by atoms with Crippen molar-refractivity contribution in [1.82, 2.24) is 15.6 Å². The smallest absolute Gasteiger partial charge is 0.237 e. The third-order valence-corrected chi connectivity index (χ3v) is 3.82. The second-order valence-electron chi connectivity index (χ2n) is 5.42. The molecule has 1 fully saturated rings. The van der Waals surface area contributed by atoms with Gasteiger partial charge in [0.1, 0.15) is 5.75 Å². The summed E-state index contributed by atoms with van der Waals surface area (Å²) < 4.78 is 5.20. The van der Waals surface area contributed by atoms with Crippen molar-refractivity contribution in [2.75, 3.05) is 13.7 Å². The lowest BCUT2D eigenvalue weighted by Gasteiger charge is -2.10. The van der Waals surface area contributed by atoms with Crippen LogP contribution >= 0.6 is 0 Å². The highest BCUT2D eigenvalue weighted by molar-refractivity contribution is 5.83. The van der Waals surface area contributed by atoms with Gasteiger partial charge in [0.15, 0.2) is 0 Å². The number of nitrogens with two attached hydrogens (primary N) is 1. The molecule has 0 bridgehead atoms. The number of carbonyl (C=O) groups excluding carboxylic acids is 1. The lowest BCUT2D eigenvalue weighted by Crippen LogP contribution is -2.40. The number of H-pyrrole nitrogens is 1. The number of benzene rings is 1. The molecule has 5 N–H and O–H groups in total. The molecule has 2 aromatic rings. The molecule has 112 valence electrons. The van der Waals surface area contributed by atoms with Crippen LogP contribution < -0.4 is 21.1 Å². The van der Waals surface area contributed by atoms with Gasteiger partial charge in [0.05, 0.1) is 19.7 Å². The number of fused-ring (bicyclic) bond motifs is 1. The first kappa shape index (κ1) is 13.9. The van der Waals surface area contributed by atoms with E-state index in [1.807, 2.05) is 24.3 Å². The summed E-state index contributed by atoms with van der Waals surface area (Å²) in [6.45, 7) is 1.17. The van der Waals surface area contributed by atoms with Crippen LogP contribution in [0, 0.1) is 0 Å². The number of aromatic nitrogens is 1. The van der Waals surface area contributed by atoms with Crippen molar-refractivity contribution in [2.24, 2.45) is 5.73 Å². The van der Waals surface area contributed by atoms with Crippen LogP contribution in [0.25, 0.3) is 10.9 Å². The van der Waals surface area contributed by atoms with Crippen molar-refractivity contribution in [1.29, 1.82) is 0 Å². The van der Waals surface area contributed by atoms with E-state index < -0.39 is 0 Å². The van der Waals surface area contributed by atoms with E-state index in [1.165, 1.54) is 0 Å². The third kappa shape index (κ3) is 3.01. The van der Waals surface area contributed by atoms with E-state index >= 15 is 0 Å². The Bertz CT molecular complexity index is 652. The van der Waals surface area contributed by atoms with Crippen LogP contribution in [-0.2, 0) is 11.3 Å². The van der Waals surface area contributed by atoms with E-state index in [2.05, 4.69) is 15.6 Å². The van der Waals surface area contributed by atoms with Crippen molar-refractivity contribution < 1.29 is 9.53 Å². The molecule has 0 radical (unpaired) electrons. The Labute approximate surface area is 123 Å². The molecule has 2 atom stereocenters. The van der Waals surface area contributed by atoms with Crippen LogP contribution in [0.15, 0.2) is 24.3 Å². The molecule has 0 unspecified atom stereocenters. The van der Waals surface area contributed by atoms with Gasteiger partial charge < -0.3 is 26.1 Å². The summed E-state index contributed by atoms with van der Waals surface area (Å²) in [5, 5.41) is 7.12. The Morgan fingerprint density at radius 2 is 2.33 bits per heavy atom. The predicted octanol–water partition coefficient (Wildman–Crippen LogP) is 0.482. The minimum Gasteiger partial charge on any atom is -0.497 e. The standard InChI is InChI=1S/C15H20N4O2/c1-21-12-2-3-13-9(5-12)4-11(19-13)8-18-15(20)14-6-10(16)7-17-14/h2-5,10,14,17,19H,6-8,16H2,1H3,(H,18,20)/t10-,14+/m1/s1. The maximum Gasteiger partial charge on any atom is 0.237 e. The Kier molecular flexibility index (Phi) is 3.81. The van der Waals surface area contributed by atoms with Gasteiger partial charge in [-0.15, -0.1) is 0 Å². The fourth-order valence-corrected chi connectivity index (χ4v) is 2.66. The number of amides is 1. The summed E-state index contributed by atoms with van der Waals surface area (Å²) in [6.07, 6.45) is 0.690. The molecule has 6 nitrogen and oxygen atoms in total. The monoisotopic (exact) mass is 288 g/mol. The molecule has 1 aliphatic rings. The first-order valence-electron chi connectivity index (χ1n) is 7.08. The number of rotatable bonds is 4. The molecule has 1 amide bonds. The quantitative estimate of drug-likeness (QED) is 0.658. The van der Waals surface area contributed by atoms with E-state index in [0.29, 0.717) is 19.5 Å². The predicted molar refractivity (Wildman–Crippen MR) is 81.1 cm³/mol. The highest BCUT2D eigenvalue weighted by Crippen LogP contribution is 2.21. The third-order valence-electron chi connectivity index (χ3n) is 3.82. The lowest BCUT2D eigenvalue weighted by atomic mass is 10.2. The fourth-order valence-electron chi connectivity index (χ4n) is 2.66. The summed E-state index contributed by atoms with van der Waals surface area (Å²) in [5.74, 6) is 0.820. The first-order chi connectivity index (χ1) is 10.2. The number of hydrogen-bond donors (Lipinski definition) is 4. The van der Waals surface area contributed by atoms with Crippen molar-refractivity contribution >= 4 is 16.8 Å². The number of methoxy groups -OCH3 is 1. The molecule has 0 saturated carbocycles. The number of ether oxygens (including phenoxy) is 1. The van der Waals surface area contributed by atoms with E-state index in [1.54, 1.807) is 7.11 Å². The highest BCUT2D eigenvalue weighted by Gasteiger charge is 2.26. The largest absolute Gasteiger partial charge is 0.497 e. The molecule has 1 aliphatic heterocycles. The van der Waals surface area contributed by atoms with Crippen LogP contribution in [0.2, 0.25) is 0 Å². The van der Waals surface area contributed by atoms with Crippen LogP contribution in [0.1, 0.15) is 12.1 Å². The topological polar surface area (TPSA) is 92.2 Å². The lowest BCUT2D eigenvalue weighted by molar-refractivity contribution is -0.123. The van der Waals surface area contributed by atoms with Crippen LogP contribution in [0.3, 0.4) is 0 Å². The molecule has 2 heterocycles. The van der Waals surface area contributed by atoms with Gasteiger partial charge in [0.25, 0.3) is 0 Å². The van der Waals surface area contributed by atoms with Crippen molar-refractivity contribution in [3.05, 3.63) is 30.0 Å². The van der Waals surface area contributed by atoms with Crippen molar-refractivity contribution in [3.8, 4) is 5.75 Å². The second kappa shape index (κ2) is 5.75. The van der Waals surface area contributed by atoms with Gasteiger partial charge in [0, 0.05) is 29.2 Å². The van der Waals surface area contributed by atoms with Crippen LogP contribution in [-0.4, -0.2) is 36.6 Å². The molecular weight excluding hydrogens is 268 g/mol. The number of nitrogens with one attached hydrogen (secondary N) is 3. The van der Waals surface area contributed by atoms with Gasteiger partial charge in [-0.3, -0.25) is 4.79 Å². The summed E-state index contributed by atoms with van der Waals surface area (Å²) >= 11 is 0. The highest BCUT2D eigenvalue weighted by atomic mass is 16.5. The maximum absolute atomic E-state index is 12.0. The van der Waals surface area contributed by atoms with E-state index in [4.69, 9.17) is 10.5 Å². The Morgan fingerprint density at radius 3 is 3.05 bits per heavy atom. The van der Waals surface area contributed by atoms with E-state index in [0.717, 1.165) is 22.3 Å². The number of aromatic amines is 1. The van der Waals surface area contributed by atoms with E-state index in [9.17, 15) is 4.79 Å². The molecule has 1 saturated heterocycles. The van der Waals surface area contributed by atoms with Crippen molar-refractivity contribution in [3.63, 3.8) is 0 Å². The summed E-state index contributed by atoms with van der Waals surface area (Å²) in [6, 6.07) is 7.76. The minimum atomic E-state index is -0.176. The molecule has 1 aromatic heterocycles. The normalized spacial score (nSPS) is 21.6.